The van der Waals surface area contributed by atoms with Crippen LogP contribution in [0.25, 0.3) is 0 Å². The molecule has 1 unspecified atom stereocenters. The van der Waals surface area contributed by atoms with Gasteiger partial charge in [0, 0.05) is 5.54 Å². The zero-order chi connectivity index (χ0) is 12.5. The lowest BCUT2D eigenvalue weighted by Gasteiger charge is -2.37. The van der Waals surface area contributed by atoms with Gasteiger partial charge in [-0.1, -0.05) is 6.07 Å². The van der Waals surface area contributed by atoms with Crippen molar-refractivity contribution in [3.05, 3.63) is 29.6 Å². The number of hydrogen-bond donors (Lipinski definition) is 1. The molecule has 0 radical (unpaired) electrons. The molecule has 1 aliphatic heterocycles. The van der Waals surface area contributed by atoms with E-state index >= 15 is 0 Å². The smallest absolute Gasteiger partial charge is 0.165 e. The molecule has 0 aliphatic carbocycles. The second kappa shape index (κ2) is 4.63. The summed E-state index contributed by atoms with van der Waals surface area (Å²) in [5.74, 6) is -0.0695. The number of methoxy groups -OCH3 is 1. The Kier molecular flexibility index (Phi) is 3.35. The zero-order valence-corrected chi connectivity index (χ0v) is 10.4. The lowest BCUT2D eigenvalue weighted by atomic mass is 9.99. The second-order valence-corrected chi connectivity index (χ2v) is 4.99. The van der Waals surface area contributed by atoms with E-state index in [1.807, 2.05) is 0 Å². The average molecular weight is 239 g/mol. The number of nitrogens with one attached hydrogen (secondary N) is 1. The maximum absolute atomic E-state index is 13.3. The number of benzene rings is 1. The molecule has 1 atom stereocenters. The topological polar surface area (TPSA) is 30.5 Å². The molecule has 0 saturated carbocycles. The molecule has 17 heavy (non-hydrogen) atoms. The molecule has 1 saturated heterocycles. The number of ether oxygens (including phenoxy) is 2. The summed E-state index contributed by atoms with van der Waals surface area (Å²) < 4.78 is 23.9. The van der Waals surface area contributed by atoms with Crippen molar-refractivity contribution in [2.24, 2.45) is 0 Å². The quantitative estimate of drug-likeness (QED) is 0.858. The van der Waals surface area contributed by atoms with Crippen LogP contribution in [-0.2, 0) is 4.74 Å². The van der Waals surface area contributed by atoms with E-state index in [9.17, 15) is 4.39 Å². The highest BCUT2D eigenvalue weighted by atomic mass is 19.1. The molecular weight excluding hydrogens is 221 g/mol. The number of hydrogen-bond acceptors (Lipinski definition) is 3. The zero-order valence-electron chi connectivity index (χ0n) is 10.4. The Labute approximate surface area is 101 Å². The minimum absolute atomic E-state index is 0.0649. The van der Waals surface area contributed by atoms with Gasteiger partial charge in [0.25, 0.3) is 0 Å². The maximum atomic E-state index is 13.3. The molecule has 0 aromatic heterocycles. The summed E-state index contributed by atoms with van der Waals surface area (Å²) in [6, 6.07) is 4.99. The van der Waals surface area contributed by atoms with Crippen LogP contribution in [0.4, 0.5) is 4.39 Å². The summed E-state index contributed by atoms with van der Waals surface area (Å²) in [6.45, 7) is 5.44. The predicted octanol–water partition coefficient (Wildman–Crippen LogP) is 2.27. The first kappa shape index (κ1) is 12.3. The van der Waals surface area contributed by atoms with E-state index in [1.165, 1.54) is 13.2 Å². The van der Waals surface area contributed by atoms with E-state index in [2.05, 4.69) is 19.2 Å². The van der Waals surface area contributed by atoms with Gasteiger partial charge in [0.1, 0.15) is 0 Å². The van der Waals surface area contributed by atoms with Gasteiger partial charge in [-0.2, -0.15) is 0 Å². The molecule has 94 valence electrons. The van der Waals surface area contributed by atoms with Gasteiger partial charge in [0.2, 0.25) is 0 Å². The fraction of sp³-hybridized carbons (Fsp3) is 0.538. The van der Waals surface area contributed by atoms with Gasteiger partial charge >= 0.3 is 0 Å². The molecule has 3 nitrogen and oxygen atoms in total. The summed E-state index contributed by atoms with van der Waals surface area (Å²) in [4.78, 5) is 0. The first-order valence-electron chi connectivity index (χ1n) is 5.71. The monoisotopic (exact) mass is 239 g/mol. The normalized spacial score (nSPS) is 23.4. The van der Waals surface area contributed by atoms with E-state index < -0.39 is 0 Å². The standard InChI is InChI=1S/C13H18FNO2/c1-13(2)8-17-7-11(15-13)9-4-5-10(14)12(6-9)16-3/h4-6,11,15H,7-8H2,1-3H3. The van der Waals surface area contributed by atoms with Crippen molar-refractivity contribution in [2.45, 2.75) is 25.4 Å². The molecule has 1 aromatic rings. The molecule has 1 heterocycles. The Hall–Kier alpha value is -1.13. The molecule has 0 amide bonds. The summed E-state index contributed by atoms with van der Waals surface area (Å²) in [7, 11) is 1.47. The van der Waals surface area contributed by atoms with Crippen LogP contribution < -0.4 is 10.1 Å². The Morgan fingerprint density at radius 1 is 1.47 bits per heavy atom. The van der Waals surface area contributed by atoms with Crippen LogP contribution in [-0.4, -0.2) is 25.9 Å². The van der Waals surface area contributed by atoms with Gasteiger partial charge in [-0.15, -0.1) is 0 Å². The highest BCUT2D eigenvalue weighted by molar-refractivity contribution is 5.32. The molecule has 0 bridgehead atoms. The molecule has 1 aromatic carbocycles. The van der Waals surface area contributed by atoms with Gasteiger partial charge in [0.05, 0.1) is 26.4 Å². The summed E-state index contributed by atoms with van der Waals surface area (Å²) in [6.07, 6.45) is 0. The first-order chi connectivity index (χ1) is 8.02. The van der Waals surface area contributed by atoms with Gasteiger partial charge in [-0.25, -0.2) is 4.39 Å². The van der Waals surface area contributed by atoms with Crippen LogP contribution in [0.5, 0.6) is 5.75 Å². The average Bonchev–Trinajstić information content (AvgIpc) is 2.28. The van der Waals surface area contributed by atoms with Crippen molar-refractivity contribution in [2.75, 3.05) is 20.3 Å². The van der Waals surface area contributed by atoms with Crippen LogP contribution in [0.2, 0.25) is 0 Å². The van der Waals surface area contributed by atoms with Crippen LogP contribution >= 0.6 is 0 Å². The molecule has 0 spiro atoms. The fourth-order valence-corrected chi connectivity index (χ4v) is 2.06. The largest absolute Gasteiger partial charge is 0.494 e. The van der Waals surface area contributed by atoms with Crippen molar-refractivity contribution in [3.63, 3.8) is 0 Å². The minimum atomic E-state index is -0.341. The highest BCUT2D eigenvalue weighted by Gasteiger charge is 2.28. The van der Waals surface area contributed by atoms with E-state index in [0.29, 0.717) is 13.2 Å². The maximum Gasteiger partial charge on any atom is 0.165 e. The van der Waals surface area contributed by atoms with Crippen LogP contribution in [0.3, 0.4) is 0 Å². The van der Waals surface area contributed by atoms with Crippen LogP contribution in [0.15, 0.2) is 18.2 Å². The third kappa shape index (κ3) is 2.76. The highest BCUT2D eigenvalue weighted by Crippen LogP contribution is 2.26. The lowest BCUT2D eigenvalue weighted by Crippen LogP contribution is -2.51. The SMILES string of the molecule is COc1cc(C2COCC(C)(C)N2)ccc1F. The molecule has 2 rings (SSSR count). The molecule has 1 aliphatic rings. The third-order valence-corrected chi connectivity index (χ3v) is 2.89. The Morgan fingerprint density at radius 3 is 2.88 bits per heavy atom. The van der Waals surface area contributed by atoms with Gasteiger partial charge in [0.15, 0.2) is 11.6 Å². The Balaban J connectivity index is 2.22. The van der Waals surface area contributed by atoms with E-state index in [4.69, 9.17) is 9.47 Å². The van der Waals surface area contributed by atoms with Gasteiger partial charge in [-0.05, 0) is 31.5 Å². The molecule has 1 N–H and O–H groups in total. The first-order valence-corrected chi connectivity index (χ1v) is 5.71. The summed E-state index contributed by atoms with van der Waals surface area (Å²) in [5, 5.41) is 3.48. The van der Waals surface area contributed by atoms with Crippen LogP contribution in [0.1, 0.15) is 25.5 Å². The lowest BCUT2D eigenvalue weighted by molar-refractivity contribution is 0.0127. The minimum Gasteiger partial charge on any atom is -0.494 e. The Bertz CT molecular complexity index is 406. The number of morpholine rings is 1. The summed E-state index contributed by atoms with van der Waals surface area (Å²) in [5.41, 5.74) is 0.917. The third-order valence-electron chi connectivity index (χ3n) is 2.89. The predicted molar refractivity (Wildman–Crippen MR) is 63.7 cm³/mol. The van der Waals surface area contributed by atoms with Crippen molar-refractivity contribution in [3.8, 4) is 5.75 Å². The second-order valence-electron chi connectivity index (χ2n) is 4.99. The number of halogens is 1. The molecule has 1 fully saturated rings. The Morgan fingerprint density at radius 2 is 2.24 bits per heavy atom. The van der Waals surface area contributed by atoms with Crippen molar-refractivity contribution in [1.29, 1.82) is 0 Å². The van der Waals surface area contributed by atoms with Crippen molar-refractivity contribution >= 4 is 0 Å². The summed E-state index contributed by atoms with van der Waals surface area (Å²) >= 11 is 0. The van der Waals surface area contributed by atoms with Crippen LogP contribution in [0, 0.1) is 5.82 Å². The fourth-order valence-electron chi connectivity index (χ4n) is 2.06. The van der Waals surface area contributed by atoms with E-state index in [0.717, 1.165) is 5.56 Å². The van der Waals surface area contributed by atoms with Gasteiger partial charge < -0.3 is 14.8 Å². The van der Waals surface area contributed by atoms with Crippen molar-refractivity contribution in [1.82, 2.24) is 5.32 Å². The van der Waals surface area contributed by atoms with Crippen molar-refractivity contribution < 1.29 is 13.9 Å². The molecular formula is C13H18FNO2. The molecule has 4 heteroatoms. The van der Waals surface area contributed by atoms with Gasteiger partial charge in [-0.3, -0.25) is 0 Å². The number of rotatable bonds is 2. The van der Waals surface area contributed by atoms with E-state index in [1.54, 1.807) is 12.1 Å². The van der Waals surface area contributed by atoms with E-state index in [-0.39, 0.29) is 23.1 Å².